The fourth-order valence-corrected chi connectivity index (χ4v) is 8.11. The van der Waals surface area contributed by atoms with Gasteiger partial charge in [0.05, 0.1) is 9.52 Å². The lowest BCUT2D eigenvalue weighted by Gasteiger charge is -2.60. The minimum Gasteiger partial charge on any atom is -0.301 e. The highest BCUT2D eigenvalue weighted by Gasteiger charge is 2.55. The maximum Gasteiger partial charge on any atom is 0.0615 e. The first-order chi connectivity index (χ1) is 12.3. The molecule has 3 unspecified atom stereocenters. The minimum absolute atomic E-state index is 0.141. The molecule has 0 aromatic heterocycles. The summed E-state index contributed by atoms with van der Waals surface area (Å²) in [5, 5.41) is 6.05. The maximum absolute atomic E-state index is 4.06. The second-order valence-corrected chi connectivity index (χ2v) is 12.3. The Labute approximate surface area is 163 Å². The van der Waals surface area contributed by atoms with Gasteiger partial charge in [-0.15, -0.1) is 0 Å². The number of benzene rings is 1. The molecule has 1 N–H and O–H groups in total. The van der Waals surface area contributed by atoms with E-state index < -0.39 is 9.52 Å². The van der Waals surface area contributed by atoms with Crippen molar-refractivity contribution in [3.63, 3.8) is 0 Å². The molecule has 0 bridgehead atoms. The summed E-state index contributed by atoms with van der Waals surface area (Å²) in [5.41, 5.74) is 0.369. The molecule has 1 aromatic rings. The van der Waals surface area contributed by atoms with Gasteiger partial charge in [-0.05, 0) is 29.7 Å². The number of hydrogen-bond acceptors (Lipinski definition) is 1. The van der Waals surface area contributed by atoms with Gasteiger partial charge in [0.2, 0.25) is 0 Å². The second kappa shape index (κ2) is 7.48. The second-order valence-electron chi connectivity index (χ2n) is 9.62. The summed E-state index contributed by atoms with van der Waals surface area (Å²) in [5.74, 6) is 0.764. The van der Waals surface area contributed by atoms with Crippen molar-refractivity contribution >= 4 is 14.7 Å². The summed E-state index contributed by atoms with van der Waals surface area (Å²) >= 11 is 0. The largest absolute Gasteiger partial charge is 0.301 e. The van der Waals surface area contributed by atoms with Crippen LogP contribution in [0, 0.1) is 11.3 Å². The molecule has 1 fully saturated rings. The molecule has 26 heavy (non-hydrogen) atoms. The Kier molecular flexibility index (Phi) is 5.65. The Balaban J connectivity index is 1.98. The molecule has 0 heterocycles. The van der Waals surface area contributed by atoms with E-state index in [9.17, 15) is 0 Å². The van der Waals surface area contributed by atoms with Crippen LogP contribution in [0.5, 0.6) is 0 Å². The molecule has 0 spiro atoms. The molecule has 142 valence electrons. The van der Waals surface area contributed by atoms with E-state index in [1.54, 1.807) is 5.19 Å². The Morgan fingerprint density at radius 1 is 0.962 bits per heavy atom. The molecule has 0 amide bonds. The number of rotatable bonds is 4. The normalized spacial score (nSPS) is 35.0. The molecule has 3 rings (SSSR count). The molecule has 2 aliphatic carbocycles. The first-order valence-electron chi connectivity index (χ1n) is 10.5. The molecule has 2 heteroatoms. The predicted octanol–water partition coefficient (Wildman–Crippen LogP) is 4.74. The van der Waals surface area contributed by atoms with E-state index in [2.05, 4.69) is 94.6 Å². The van der Waals surface area contributed by atoms with E-state index in [0.717, 1.165) is 5.92 Å². The SMILES string of the molecule is CC1CCCCC(C)(NC2C=CC=C2)C(C)(C)C1(C)[SiH2]c1ccccc1. The van der Waals surface area contributed by atoms with Gasteiger partial charge in [0, 0.05) is 11.6 Å². The molecule has 1 aromatic carbocycles. The van der Waals surface area contributed by atoms with Crippen LogP contribution >= 0.6 is 0 Å². The van der Waals surface area contributed by atoms with Gasteiger partial charge in [0.1, 0.15) is 0 Å². The van der Waals surface area contributed by atoms with Crippen LogP contribution in [0.3, 0.4) is 0 Å². The van der Waals surface area contributed by atoms with Crippen molar-refractivity contribution < 1.29 is 0 Å². The molecule has 1 nitrogen and oxygen atoms in total. The Morgan fingerprint density at radius 3 is 2.27 bits per heavy atom. The van der Waals surface area contributed by atoms with Crippen LogP contribution in [-0.4, -0.2) is 21.1 Å². The molecule has 1 saturated carbocycles. The lowest BCUT2D eigenvalue weighted by Crippen LogP contribution is -2.63. The van der Waals surface area contributed by atoms with Crippen molar-refractivity contribution in [1.29, 1.82) is 0 Å². The average molecular weight is 368 g/mol. The van der Waals surface area contributed by atoms with Gasteiger partial charge in [-0.2, -0.15) is 0 Å². The topological polar surface area (TPSA) is 12.0 Å². The summed E-state index contributed by atoms with van der Waals surface area (Å²) in [6.07, 6.45) is 14.3. The highest BCUT2D eigenvalue weighted by Crippen LogP contribution is 2.59. The summed E-state index contributed by atoms with van der Waals surface area (Å²) in [6, 6.07) is 11.7. The van der Waals surface area contributed by atoms with Gasteiger partial charge in [0.25, 0.3) is 0 Å². The van der Waals surface area contributed by atoms with Crippen LogP contribution < -0.4 is 10.5 Å². The number of allylic oxidation sites excluding steroid dienone is 2. The highest BCUT2D eigenvalue weighted by molar-refractivity contribution is 6.57. The molecular weight excluding hydrogens is 330 g/mol. The highest BCUT2D eigenvalue weighted by atomic mass is 28.2. The van der Waals surface area contributed by atoms with Crippen LogP contribution in [0.25, 0.3) is 0 Å². The zero-order valence-corrected chi connectivity index (χ0v) is 18.8. The lowest BCUT2D eigenvalue weighted by molar-refractivity contribution is 0.0314. The van der Waals surface area contributed by atoms with Gasteiger partial charge < -0.3 is 5.32 Å². The van der Waals surface area contributed by atoms with E-state index in [0.29, 0.717) is 11.1 Å². The van der Waals surface area contributed by atoms with Crippen LogP contribution in [0.4, 0.5) is 0 Å². The summed E-state index contributed by atoms with van der Waals surface area (Å²) in [6.45, 7) is 12.8. The van der Waals surface area contributed by atoms with Crippen molar-refractivity contribution in [3.8, 4) is 0 Å². The Morgan fingerprint density at radius 2 is 1.62 bits per heavy atom. The van der Waals surface area contributed by atoms with Crippen molar-refractivity contribution in [2.45, 2.75) is 76.9 Å². The van der Waals surface area contributed by atoms with Crippen LogP contribution in [-0.2, 0) is 0 Å². The third kappa shape index (κ3) is 3.51. The van der Waals surface area contributed by atoms with E-state index in [1.165, 1.54) is 25.7 Å². The van der Waals surface area contributed by atoms with Crippen molar-refractivity contribution in [2.75, 3.05) is 0 Å². The number of hydrogen-bond donors (Lipinski definition) is 1. The fourth-order valence-electron chi connectivity index (χ4n) is 5.37. The quantitative estimate of drug-likeness (QED) is 0.758. The van der Waals surface area contributed by atoms with Gasteiger partial charge in [0.15, 0.2) is 0 Å². The average Bonchev–Trinajstić information content (AvgIpc) is 3.11. The molecule has 0 saturated heterocycles. The van der Waals surface area contributed by atoms with Gasteiger partial charge in [-0.3, -0.25) is 0 Å². The molecule has 3 atom stereocenters. The summed E-state index contributed by atoms with van der Waals surface area (Å²) in [7, 11) is -0.419. The Bertz CT molecular complexity index is 650. The summed E-state index contributed by atoms with van der Waals surface area (Å²) in [4.78, 5) is 0. The van der Waals surface area contributed by atoms with E-state index >= 15 is 0 Å². The zero-order chi connectivity index (χ0) is 18.8. The molecule has 2 aliphatic rings. The summed E-state index contributed by atoms with van der Waals surface area (Å²) < 4.78 is 0. The third-order valence-corrected chi connectivity index (χ3v) is 11.3. The van der Waals surface area contributed by atoms with Gasteiger partial charge >= 0.3 is 0 Å². The molecule has 0 aliphatic heterocycles. The predicted molar refractivity (Wildman–Crippen MR) is 118 cm³/mol. The first-order valence-corrected chi connectivity index (χ1v) is 11.9. The molecule has 0 radical (unpaired) electrons. The zero-order valence-electron chi connectivity index (χ0n) is 17.4. The fraction of sp³-hybridized carbons (Fsp3) is 0.583. The Hall–Kier alpha value is -1.12. The van der Waals surface area contributed by atoms with Crippen molar-refractivity contribution in [2.24, 2.45) is 11.3 Å². The van der Waals surface area contributed by atoms with Crippen molar-refractivity contribution in [3.05, 3.63) is 54.6 Å². The third-order valence-electron chi connectivity index (χ3n) is 8.11. The van der Waals surface area contributed by atoms with Gasteiger partial charge in [-0.1, -0.05) is 107 Å². The number of nitrogens with one attached hydrogen (secondary N) is 1. The first kappa shape index (κ1) is 19.6. The van der Waals surface area contributed by atoms with Crippen LogP contribution in [0.2, 0.25) is 5.04 Å². The smallest absolute Gasteiger partial charge is 0.0615 e. The molecular formula is C24H37NSi. The van der Waals surface area contributed by atoms with E-state index in [-0.39, 0.29) is 11.0 Å². The lowest BCUT2D eigenvalue weighted by atomic mass is 9.58. The minimum atomic E-state index is -0.419. The van der Waals surface area contributed by atoms with Crippen molar-refractivity contribution in [1.82, 2.24) is 5.32 Å². The standard InChI is InChI=1S/C24H37NSi/c1-19-13-11-12-18-23(4,25-20-14-9-10-15-20)22(2,3)24(19,5)26-21-16-7-6-8-17-21/h6-10,14-17,19-20,25H,11-13,18,26H2,1-5H3. The van der Waals surface area contributed by atoms with E-state index in [4.69, 9.17) is 0 Å². The van der Waals surface area contributed by atoms with Crippen LogP contribution in [0.1, 0.15) is 60.3 Å². The van der Waals surface area contributed by atoms with E-state index in [1.807, 2.05) is 0 Å². The van der Waals surface area contributed by atoms with Crippen LogP contribution in [0.15, 0.2) is 54.6 Å². The monoisotopic (exact) mass is 367 g/mol. The van der Waals surface area contributed by atoms with Gasteiger partial charge in [-0.25, -0.2) is 0 Å². The maximum atomic E-state index is 4.06.